The van der Waals surface area contributed by atoms with Crippen LogP contribution in [0.3, 0.4) is 0 Å². The number of rotatable bonds is 4. The third kappa shape index (κ3) is 4.34. The van der Waals surface area contributed by atoms with Crippen LogP contribution in [0.15, 0.2) is 54.6 Å². The second-order valence-electron chi connectivity index (χ2n) is 3.84. The van der Waals surface area contributed by atoms with E-state index in [1.165, 1.54) is 16.7 Å². The van der Waals surface area contributed by atoms with Crippen molar-refractivity contribution in [3.63, 3.8) is 0 Å². The molecule has 0 aromatic heterocycles. The largest absolute Gasteiger partial charge is 0.313 e. The van der Waals surface area contributed by atoms with Gasteiger partial charge in [-0.15, -0.1) is 0 Å². The summed E-state index contributed by atoms with van der Waals surface area (Å²) in [5.41, 5.74) is 3.89. The average Bonchev–Trinajstić information content (AvgIpc) is 2.49. The van der Waals surface area contributed by atoms with E-state index in [1.54, 1.807) is 0 Å². The third-order valence-corrected chi connectivity index (χ3v) is 2.64. The highest BCUT2D eigenvalue weighted by atomic mass is 14.8. The van der Waals surface area contributed by atoms with E-state index >= 15 is 0 Å². The number of hydrogen-bond donors (Lipinski definition) is 1. The molecule has 0 saturated carbocycles. The Bertz CT molecular complexity index is 417. The Morgan fingerprint density at radius 2 is 1.33 bits per heavy atom. The predicted octanol–water partition coefficient (Wildman–Crippen LogP) is 4.49. The van der Waals surface area contributed by atoms with Crippen LogP contribution in [0.2, 0.25) is 0 Å². The lowest BCUT2D eigenvalue weighted by molar-refractivity contribution is 0.727. The summed E-state index contributed by atoms with van der Waals surface area (Å²) in [5, 5.41) is 3.32. The molecule has 0 fully saturated rings. The summed E-state index contributed by atoms with van der Waals surface area (Å²) in [4.78, 5) is 0. The minimum atomic E-state index is 0.950. The van der Waals surface area contributed by atoms with Gasteiger partial charge in [-0.1, -0.05) is 75.4 Å². The fourth-order valence-corrected chi connectivity index (χ4v) is 1.71. The van der Waals surface area contributed by atoms with Gasteiger partial charge in [0.15, 0.2) is 0 Å². The summed E-state index contributed by atoms with van der Waals surface area (Å²) >= 11 is 0. The standard InChI is InChI=1S/C15H17N.C2H6/c1-2-16-12-13-8-10-15(11-9-13)14-6-4-3-5-7-14;1-2/h3-11,16H,2,12H2,1H3;1-2H3. The lowest BCUT2D eigenvalue weighted by Gasteiger charge is -2.04. The number of benzene rings is 2. The van der Waals surface area contributed by atoms with Crippen molar-refractivity contribution in [2.45, 2.75) is 27.3 Å². The van der Waals surface area contributed by atoms with Crippen molar-refractivity contribution in [2.24, 2.45) is 0 Å². The molecule has 0 unspecified atom stereocenters. The molecule has 96 valence electrons. The normalized spacial score (nSPS) is 9.50. The number of nitrogens with one attached hydrogen (secondary N) is 1. The van der Waals surface area contributed by atoms with E-state index in [0.717, 1.165) is 13.1 Å². The molecule has 1 heteroatoms. The fraction of sp³-hybridized carbons (Fsp3) is 0.294. The molecule has 2 aromatic carbocycles. The molecule has 0 heterocycles. The summed E-state index contributed by atoms with van der Waals surface area (Å²) in [6, 6.07) is 19.2. The Morgan fingerprint density at radius 3 is 1.89 bits per heavy atom. The number of hydrogen-bond acceptors (Lipinski definition) is 1. The maximum Gasteiger partial charge on any atom is 0.0205 e. The van der Waals surface area contributed by atoms with Gasteiger partial charge in [-0.05, 0) is 23.2 Å². The molecule has 18 heavy (non-hydrogen) atoms. The molecule has 0 amide bonds. The fourth-order valence-electron chi connectivity index (χ4n) is 1.71. The van der Waals surface area contributed by atoms with Gasteiger partial charge >= 0.3 is 0 Å². The minimum Gasteiger partial charge on any atom is -0.313 e. The Hall–Kier alpha value is -1.60. The molecule has 0 bridgehead atoms. The summed E-state index contributed by atoms with van der Waals surface area (Å²) in [6.07, 6.45) is 0. The Morgan fingerprint density at radius 1 is 0.778 bits per heavy atom. The maximum absolute atomic E-state index is 3.32. The summed E-state index contributed by atoms with van der Waals surface area (Å²) in [7, 11) is 0. The highest BCUT2D eigenvalue weighted by Gasteiger charge is 1.96. The molecular weight excluding hydrogens is 218 g/mol. The van der Waals surface area contributed by atoms with E-state index in [9.17, 15) is 0 Å². The first kappa shape index (κ1) is 14.5. The van der Waals surface area contributed by atoms with Crippen molar-refractivity contribution in [1.29, 1.82) is 0 Å². The zero-order valence-corrected chi connectivity index (χ0v) is 11.6. The van der Waals surface area contributed by atoms with E-state index in [2.05, 4.69) is 60.8 Å². The Labute approximate surface area is 111 Å². The third-order valence-electron chi connectivity index (χ3n) is 2.64. The molecule has 0 atom stereocenters. The van der Waals surface area contributed by atoms with Crippen LogP contribution in [0.4, 0.5) is 0 Å². The molecule has 2 aromatic rings. The SMILES string of the molecule is CC.CCNCc1ccc(-c2ccccc2)cc1. The monoisotopic (exact) mass is 241 g/mol. The van der Waals surface area contributed by atoms with E-state index in [-0.39, 0.29) is 0 Å². The van der Waals surface area contributed by atoms with Crippen molar-refractivity contribution in [1.82, 2.24) is 5.32 Å². The van der Waals surface area contributed by atoms with Gasteiger partial charge < -0.3 is 5.32 Å². The lowest BCUT2D eigenvalue weighted by atomic mass is 10.0. The lowest BCUT2D eigenvalue weighted by Crippen LogP contribution is -2.11. The molecule has 0 aliphatic heterocycles. The van der Waals surface area contributed by atoms with Crippen molar-refractivity contribution < 1.29 is 0 Å². The summed E-state index contributed by atoms with van der Waals surface area (Å²) < 4.78 is 0. The highest BCUT2D eigenvalue weighted by Crippen LogP contribution is 2.18. The molecule has 0 radical (unpaired) electrons. The molecule has 0 spiro atoms. The van der Waals surface area contributed by atoms with E-state index in [4.69, 9.17) is 0 Å². The molecular formula is C17H23N. The van der Waals surface area contributed by atoms with E-state index in [0.29, 0.717) is 0 Å². The minimum absolute atomic E-state index is 0.950. The van der Waals surface area contributed by atoms with Crippen molar-refractivity contribution in [3.8, 4) is 11.1 Å². The smallest absolute Gasteiger partial charge is 0.0205 e. The van der Waals surface area contributed by atoms with Gasteiger partial charge in [0.25, 0.3) is 0 Å². The van der Waals surface area contributed by atoms with Crippen molar-refractivity contribution >= 4 is 0 Å². The van der Waals surface area contributed by atoms with Crippen LogP contribution in [0, 0.1) is 0 Å². The van der Waals surface area contributed by atoms with Crippen LogP contribution >= 0.6 is 0 Å². The van der Waals surface area contributed by atoms with Crippen LogP contribution < -0.4 is 5.32 Å². The maximum atomic E-state index is 3.32. The van der Waals surface area contributed by atoms with Gasteiger partial charge in [-0.2, -0.15) is 0 Å². The second kappa shape index (κ2) is 8.48. The molecule has 0 aliphatic carbocycles. The van der Waals surface area contributed by atoms with Gasteiger partial charge in [-0.25, -0.2) is 0 Å². The quantitative estimate of drug-likeness (QED) is 0.831. The zero-order valence-electron chi connectivity index (χ0n) is 11.6. The van der Waals surface area contributed by atoms with Crippen LogP contribution in [-0.2, 0) is 6.54 Å². The van der Waals surface area contributed by atoms with Crippen LogP contribution in [0.5, 0.6) is 0 Å². The predicted molar refractivity (Wildman–Crippen MR) is 80.6 cm³/mol. The molecule has 2 rings (SSSR count). The van der Waals surface area contributed by atoms with Crippen LogP contribution in [0.25, 0.3) is 11.1 Å². The van der Waals surface area contributed by atoms with Gasteiger partial charge in [0.05, 0.1) is 0 Å². The first-order valence-electron chi connectivity index (χ1n) is 6.75. The van der Waals surface area contributed by atoms with E-state index in [1.807, 2.05) is 19.9 Å². The van der Waals surface area contributed by atoms with Gasteiger partial charge in [0.1, 0.15) is 0 Å². The zero-order chi connectivity index (χ0) is 13.2. The molecule has 0 aliphatic rings. The van der Waals surface area contributed by atoms with Crippen LogP contribution in [-0.4, -0.2) is 6.54 Å². The van der Waals surface area contributed by atoms with Crippen molar-refractivity contribution in [3.05, 3.63) is 60.2 Å². The highest BCUT2D eigenvalue weighted by molar-refractivity contribution is 5.63. The molecule has 1 nitrogen and oxygen atoms in total. The van der Waals surface area contributed by atoms with Crippen molar-refractivity contribution in [2.75, 3.05) is 6.54 Å². The molecule has 1 N–H and O–H groups in total. The van der Waals surface area contributed by atoms with Gasteiger partial charge in [0, 0.05) is 6.54 Å². The second-order valence-corrected chi connectivity index (χ2v) is 3.84. The average molecular weight is 241 g/mol. The van der Waals surface area contributed by atoms with Gasteiger partial charge in [-0.3, -0.25) is 0 Å². The first-order chi connectivity index (χ1) is 8.90. The van der Waals surface area contributed by atoms with Gasteiger partial charge in [0.2, 0.25) is 0 Å². The summed E-state index contributed by atoms with van der Waals surface area (Å²) in [6.45, 7) is 8.09. The van der Waals surface area contributed by atoms with Crippen LogP contribution in [0.1, 0.15) is 26.3 Å². The first-order valence-corrected chi connectivity index (χ1v) is 6.75. The van der Waals surface area contributed by atoms with E-state index < -0.39 is 0 Å². The Balaban J connectivity index is 0.000000771. The Kier molecular flexibility index (Phi) is 6.82. The summed E-state index contributed by atoms with van der Waals surface area (Å²) in [5.74, 6) is 0. The molecule has 0 saturated heterocycles. The topological polar surface area (TPSA) is 12.0 Å².